The number of hydrogen-bond donors (Lipinski definition) is 1. The number of carbonyl (C=O) groups excluding carboxylic acids is 1. The largest absolute Gasteiger partial charge is 0.512 e. The molecular formula is C41H41N2O2Pt-. The minimum Gasteiger partial charge on any atom is -0.512 e. The maximum atomic E-state index is 10.0. The molecule has 1 aliphatic rings. The Morgan fingerprint density at radius 1 is 0.804 bits per heavy atom. The maximum absolute atomic E-state index is 10.0. The summed E-state index contributed by atoms with van der Waals surface area (Å²) in [6.45, 7) is 11.8. The number of aryl methyl sites for hydroxylation is 2. The van der Waals surface area contributed by atoms with Crippen molar-refractivity contribution < 1.29 is 31.0 Å². The van der Waals surface area contributed by atoms with Crippen molar-refractivity contribution >= 4 is 22.8 Å². The van der Waals surface area contributed by atoms with Gasteiger partial charge in [0.15, 0.2) is 5.78 Å². The molecule has 4 aromatic carbocycles. The van der Waals surface area contributed by atoms with Crippen LogP contribution in [0.2, 0.25) is 0 Å². The normalized spacial score (nSPS) is 12.6. The molecule has 5 aromatic rings. The second-order valence-electron chi connectivity index (χ2n) is 11.8. The summed E-state index contributed by atoms with van der Waals surface area (Å²) in [5.41, 5.74) is 13.4. The quantitative estimate of drug-likeness (QED) is 0.101. The van der Waals surface area contributed by atoms with Crippen molar-refractivity contribution in [2.75, 3.05) is 4.90 Å². The standard InChI is InChI=1S/C36H33N2.C5H8O2.Pt/c1-5-36(6-2)33-23-27(35-9-7-8-22-37-35)14-20-31(33)32-21-19-30(24-34(32)36)38(28-15-10-25(3)11-16-28)29-17-12-26(4)13-18-29;1-4(6)3-5(2)7;/h7-13,15-24H,5-6H2,1-4H3;3,6H,1-2H3;/q-1;;/b;4-3-;. The molecule has 1 N–H and O–H groups in total. The molecule has 0 fully saturated rings. The van der Waals surface area contributed by atoms with E-state index in [2.05, 4.69) is 129 Å². The number of fused-ring (bicyclic) bond motifs is 3. The van der Waals surface area contributed by atoms with E-state index in [1.807, 2.05) is 18.3 Å². The molecule has 238 valence electrons. The molecule has 0 amide bonds. The minimum absolute atomic E-state index is 0. The maximum Gasteiger partial charge on any atom is 0.155 e. The Labute approximate surface area is 288 Å². The van der Waals surface area contributed by atoms with Crippen LogP contribution in [0.5, 0.6) is 0 Å². The Morgan fingerprint density at radius 3 is 1.85 bits per heavy atom. The molecule has 0 aliphatic heterocycles. The van der Waals surface area contributed by atoms with E-state index in [0.717, 1.165) is 24.1 Å². The number of aromatic nitrogens is 1. The predicted octanol–water partition coefficient (Wildman–Crippen LogP) is 10.8. The van der Waals surface area contributed by atoms with E-state index >= 15 is 0 Å². The van der Waals surface area contributed by atoms with Crippen molar-refractivity contribution in [2.24, 2.45) is 0 Å². The van der Waals surface area contributed by atoms with Gasteiger partial charge in [-0.05, 0) is 94.3 Å². The van der Waals surface area contributed by atoms with Gasteiger partial charge in [0.2, 0.25) is 0 Å². The first-order valence-electron chi connectivity index (χ1n) is 15.6. The monoisotopic (exact) mass is 788 g/mol. The molecule has 0 atom stereocenters. The van der Waals surface area contributed by atoms with Gasteiger partial charge in [0, 0.05) is 55.8 Å². The van der Waals surface area contributed by atoms with Crippen LogP contribution in [0.3, 0.4) is 0 Å². The Balaban J connectivity index is 0.000000542. The molecule has 5 heteroatoms. The van der Waals surface area contributed by atoms with Gasteiger partial charge in [0.25, 0.3) is 0 Å². The number of allylic oxidation sites excluding steroid dienone is 2. The van der Waals surface area contributed by atoms with Gasteiger partial charge in [-0.25, -0.2) is 0 Å². The van der Waals surface area contributed by atoms with Gasteiger partial charge in [0.05, 0.1) is 5.76 Å². The average Bonchev–Trinajstić information content (AvgIpc) is 3.31. The fourth-order valence-corrected chi connectivity index (χ4v) is 6.37. The Hall–Kier alpha value is -4.27. The first kappa shape index (κ1) is 34.6. The van der Waals surface area contributed by atoms with Crippen molar-refractivity contribution in [1.29, 1.82) is 0 Å². The molecule has 0 radical (unpaired) electrons. The van der Waals surface area contributed by atoms with Gasteiger partial charge in [-0.15, -0.1) is 29.3 Å². The zero-order chi connectivity index (χ0) is 32.1. The molecule has 6 rings (SSSR count). The van der Waals surface area contributed by atoms with Crippen molar-refractivity contribution in [1.82, 2.24) is 4.98 Å². The number of hydrogen-bond acceptors (Lipinski definition) is 4. The van der Waals surface area contributed by atoms with E-state index < -0.39 is 0 Å². The van der Waals surface area contributed by atoms with E-state index in [1.165, 1.54) is 70.4 Å². The minimum atomic E-state index is -0.125. The summed E-state index contributed by atoms with van der Waals surface area (Å²) < 4.78 is 0. The van der Waals surface area contributed by atoms with Crippen LogP contribution in [0.25, 0.3) is 22.4 Å². The number of ketones is 1. The molecule has 0 unspecified atom stereocenters. The number of aliphatic hydroxyl groups is 1. The zero-order valence-electron chi connectivity index (χ0n) is 27.4. The summed E-state index contributed by atoms with van der Waals surface area (Å²) in [4.78, 5) is 17.0. The third-order valence-corrected chi connectivity index (χ3v) is 8.68. The smallest absolute Gasteiger partial charge is 0.155 e. The topological polar surface area (TPSA) is 53.4 Å². The molecule has 0 bridgehead atoms. The first-order valence-corrected chi connectivity index (χ1v) is 15.6. The Bertz CT molecular complexity index is 1770. The van der Waals surface area contributed by atoms with E-state index in [1.54, 1.807) is 0 Å². The van der Waals surface area contributed by atoms with Gasteiger partial charge < -0.3 is 15.0 Å². The van der Waals surface area contributed by atoms with Gasteiger partial charge in [-0.1, -0.05) is 78.6 Å². The predicted molar refractivity (Wildman–Crippen MR) is 187 cm³/mol. The number of aliphatic hydroxyl groups excluding tert-OH is 1. The molecule has 1 aromatic heterocycles. The van der Waals surface area contributed by atoms with Crippen LogP contribution < -0.4 is 4.90 Å². The second-order valence-corrected chi connectivity index (χ2v) is 11.8. The summed E-state index contributed by atoms with van der Waals surface area (Å²) in [5, 5.41) is 8.36. The molecule has 0 spiro atoms. The summed E-state index contributed by atoms with van der Waals surface area (Å²) >= 11 is 0. The fraction of sp³-hybridized carbons (Fsp3) is 0.220. The van der Waals surface area contributed by atoms with Gasteiger partial charge >= 0.3 is 0 Å². The number of rotatable bonds is 7. The number of nitrogens with zero attached hydrogens (tertiary/aromatic N) is 2. The molecule has 4 nitrogen and oxygen atoms in total. The molecule has 46 heavy (non-hydrogen) atoms. The van der Waals surface area contributed by atoms with Crippen LogP contribution in [0.1, 0.15) is 62.8 Å². The molecule has 0 saturated carbocycles. The number of carbonyl (C=O) groups is 1. The molecule has 1 aliphatic carbocycles. The molecule has 0 saturated heterocycles. The third kappa shape index (κ3) is 7.08. The fourth-order valence-electron chi connectivity index (χ4n) is 6.37. The van der Waals surface area contributed by atoms with Crippen molar-refractivity contribution in [3.05, 3.63) is 143 Å². The van der Waals surface area contributed by atoms with Gasteiger partial charge in [-0.3, -0.25) is 4.79 Å². The first-order chi connectivity index (χ1) is 21.7. The van der Waals surface area contributed by atoms with E-state index in [9.17, 15) is 4.79 Å². The van der Waals surface area contributed by atoms with Crippen molar-refractivity contribution in [2.45, 2.75) is 59.8 Å². The van der Waals surface area contributed by atoms with Crippen LogP contribution in [0.15, 0.2) is 115 Å². The second kappa shape index (κ2) is 14.9. The van der Waals surface area contributed by atoms with Gasteiger partial charge in [0.1, 0.15) is 0 Å². The summed E-state index contributed by atoms with van der Waals surface area (Å²) in [6.07, 6.45) is 5.09. The summed E-state index contributed by atoms with van der Waals surface area (Å²) in [5.74, 6) is -0.0625. The number of anilines is 3. The summed E-state index contributed by atoms with van der Waals surface area (Å²) in [7, 11) is 0. The SMILES string of the molecule is CC(=O)/C=C(/C)O.CCC1(CC)c2cc(-c3ccccn3)[c-]cc2-c2ccc(N(c3ccc(C)cc3)c3ccc(C)cc3)cc21.[Pt]. The van der Waals surface area contributed by atoms with Crippen LogP contribution in [0.4, 0.5) is 17.1 Å². The van der Waals surface area contributed by atoms with E-state index in [4.69, 9.17) is 5.11 Å². The summed E-state index contributed by atoms with van der Waals surface area (Å²) in [6, 6.07) is 38.8. The van der Waals surface area contributed by atoms with Gasteiger partial charge in [-0.2, -0.15) is 0 Å². The van der Waals surface area contributed by atoms with Crippen molar-refractivity contribution in [3.8, 4) is 22.4 Å². The zero-order valence-corrected chi connectivity index (χ0v) is 29.6. The Kier molecular flexibility index (Phi) is 11.2. The molecular weight excluding hydrogens is 748 g/mol. The van der Waals surface area contributed by atoms with Crippen LogP contribution in [0, 0.1) is 19.9 Å². The average molecular weight is 789 g/mol. The molecule has 1 heterocycles. The third-order valence-electron chi connectivity index (χ3n) is 8.68. The number of benzene rings is 4. The van der Waals surface area contributed by atoms with Crippen LogP contribution in [-0.4, -0.2) is 15.9 Å². The van der Waals surface area contributed by atoms with Crippen LogP contribution >= 0.6 is 0 Å². The van der Waals surface area contributed by atoms with Crippen molar-refractivity contribution in [3.63, 3.8) is 0 Å². The van der Waals surface area contributed by atoms with E-state index in [0.29, 0.717) is 0 Å². The number of pyridine rings is 1. The van der Waals surface area contributed by atoms with Crippen LogP contribution in [-0.2, 0) is 31.3 Å². The Morgan fingerprint density at radius 2 is 1.37 bits per heavy atom. The van der Waals surface area contributed by atoms with E-state index in [-0.39, 0.29) is 38.0 Å².